The lowest BCUT2D eigenvalue weighted by atomic mass is 9.85. The van der Waals surface area contributed by atoms with Gasteiger partial charge < -0.3 is 21.1 Å². The summed E-state index contributed by atoms with van der Waals surface area (Å²) in [7, 11) is 0. The molecule has 3 aromatic rings. The van der Waals surface area contributed by atoms with Crippen LogP contribution in [0.25, 0.3) is 11.2 Å². The van der Waals surface area contributed by atoms with E-state index in [1.165, 1.54) is 6.92 Å². The lowest BCUT2D eigenvalue weighted by molar-refractivity contribution is -0.122. The highest BCUT2D eigenvalue weighted by atomic mass is 19.1. The van der Waals surface area contributed by atoms with Gasteiger partial charge in [0.25, 0.3) is 0 Å². The average molecular weight is 486 g/mol. The van der Waals surface area contributed by atoms with E-state index in [1.54, 1.807) is 6.20 Å². The fourth-order valence-electron chi connectivity index (χ4n) is 4.90. The van der Waals surface area contributed by atoms with E-state index in [0.29, 0.717) is 62.0 Å². The second-order valence-corrected chi connectivity index (χ2v) is 9.35. The molecular weight excluding hydrogens is 456 g/mol. The summed E-state index contributed by atoms with van der Waals surface area (Å²) < 4.78 is 36.2. The van der Waals surface area contributed by atoms with E-state index in [2.05, 4.69) is 20.6 Å². The van der Waals surface area contributed by atoms with E-state index in [1.807, 2.05) is 4.57 Å². The summed E-state index contributed by atoms with van der Waals surface area (Å²) in [4.78, 5) is 25.5. The zero-order valence-electron chi connectivity index (χ0n) is 19.6. The molecule has 0 radical (unpaired) electrons. The summed E-state index contributed by atoms with van der Waals surface area (Å²) in [5, 5.41) is 6.34. The maximum absolute atomic E-state index is 14.6. The number of nitrogens with one attached hydrogen (secondary N) is 2. The number of fused-ring (bicyclic) bond motifs is 1. The number of nitrogens with zero attached hydrogens (tertiary/aromatic N) is 4. The number of halogens is 2. The Morgan fingerprint density at radius 2 is 1.83 bits per heavy atom. The molecule has 0 bridgehead atoms. The zero-order valence-corrected chi connectivity index (χ0v) is 19.6. The van der Waals surface area contributed by atoms with Gasteiger partial charge in [-0.25, -0.2) is 18.7 Å². The molecule has 1 amide bonds. The third-order valence-electron chi connectivity index (χ3n) is 6.95. The monoisotopic (exact) mass is 485 g/mol. The molecule has 9 nitrogen and oxygen atoms in total. The van der Waals surface area contributed by atoms with Crippen LogP contribution in [-0.2, 0) is 9.53 Å². The van der Waals surface area contributed by atoms with Gasteiger partial charge in [-0.05, 0) is 57.1 Å². The maximum Gasteiger partial charge on any atom is 0.224 e. The first-order valence-electron chi connectivity index (χ1n) is 12.0. The summed E-state index contributed by atoms with van der Waals surface area (Å²) in [5.41, 5.74) is 6.86. The quantitative estimate of drug-likeness (QED) is 0.483. The number of aromatic nitrogens is 4. The SMILES string of the molecule is Cc1cc(F)c(Nc2nc3cnc(NC4CCOCC4)nc3n2[C@H]2CC[C@H](C(N)=O)CC2)cc1F. The van der Waals surface area contributed by atoms with Gasteiger partial charge in [0.05, 0.1) is 11.9 Å². The molecule has 1 saturated carbocycles. The van der Waals surface area contributed by atoms with Gasteiger partial charge in [-0.2, -0.15) is 4.98 Å². The standard InChI is InChI=1S/C24H29F2N7O2/c1-13-10-18(26)19(11-17(13)25)30-24-31-20-12-28-23(29-15-6-8-35-9-7-15)32-22(20)33(24)16-4-2-14(3-5-16)21(27)34/h10-12,14-16H,2-9H2,1H3,(H2,27,34)(H,30,31)(H,28,29,32)/t14-,16-. The molecular formula is C24H29F2N7O2. The molecule has 2 aromatic heterocycles. The van der Waals surface area contributed by atoms with Gasteiger partial charge in [-0.3, -0.25) is 9.36 Å². The van der Waals surface area contributed by atoms with Crippen LogP contribution in [0.5, 0.6) is 0 Å². The second kappa shape index (κ2) is 9.73. The van der Waals surface area contributed by atoms with Crippen molar-refractivity contribution in [2.45, 2.75) is 57.5 Å². The van der Waals surface area contributed by atoms with Crippen LogP contribution in [0.3, 0.4) is 0 Å². The number of ether oxygens (including phenoxy) is 1. The number of benzene rings is 1. The van der Waals surface area contributed by atoms with E-state index < -0.39 is 11.6 Å². The minimum Gasteiger partial charge on any atom is -0.381 e. The third-order valence-corrected chi connectivity index (χ3v) is 6.95. The van der Waals surface area contributed by atoms with Crippen LogP contribution < -0.4 is 16.4 Å². The van der Waals surface area contributed by atoms with Crippen molar-refractivity contribution >= 4 is 34.7 Å². The first-order valence-corrected chi connectivity index (χ1v) is 12.0. The minimum absolute atomic E-state index is 0.0102. The molecule has 11 heteroatoms. The molecule has 186 valence electrons. The van der Waals surface area contributed by atoms with Gasteiger partial charge >= 0.3 is 0 Å². The molecule has 0 unspecified atom stereocenters. The van der Waals surface area contributed by atoms with E-state index in [4.69, 9.17) is 15.5 Å². The highest BCUT2D eigenvalue weighted by molar-refractivity contribution is 5.78. The molecule has 1 saturated heterocycles. The van der Waals surface area contributed by atoms with Crippen LogP contribution in [0.2, 0.25) is 0 Å². The Morgan fingerprint density at radius 1 is 1.09 bits per heavy atom. The minimum atomic E-state index is -0.576. The van der Waals surface area contributed by atoms with Crippen LogP contribution in [0, 0.1) is 24.5 Å². The molecule has 4 N–H and O–H groups in total. The molecule has 1 aliphatic heterocycles. The molecule has 2 fully saturated rings. The lowest BCUT2D eigenvalue weighted by Crippen LogP contribution is -2.29. The van der Waals surface area contributed by atoms with E-state index in [9.17, 15) is 13.6 Å². The summed E-state index contributed by atoms with van der Waals surface area (Å²) >= 11 is 0. The number of nitrogens with two attached hydrogens (primary N) is 1. The highest BCUT2D eigenvalue weighted by Crippen LogP contribution is 2.37. The van der Waals surface area contributed by atoms with Crippen molar-refractivity contribution in [3.8, 4) is 0 Å². The van der Waals surface area contributed by atoms with E-state index in [-0.39, 0.29) is 35.2 Å². The van der Waals surface area contributed by atoms with Gasteiger partial charge in [0.1, 0.15) is 17.2 Å². The normalized spacial score (nSPS) is 21.2. The molecule has 2 aliphatic rings. The van der Waals surface area contributed by atoms with Crippen LogP contribution in [0.1, 0.15) is 50.1 Å². The Bertz CT molecular complexity index is 1230. The Hall–Kier alpha value is -3.34. The summed E-state index contributed by atoms with van der Waals surface area (Å²) in [6.07, 6.45) is 6.02. The van der Waals surface area contributed by atoms with Crippen molar-refractivity contribution in [2.24, 2.45) is 11.7 Å². The van der Waals surface area contributed by atoms with Crippen molar-refractivity contribution < 1.29 is 18.3 Å². The lowest BCUT2D eigenvalue weighted by Gasteiger charge is -2.29. The number of primary amides is 1. The number of carbonyl (C=O) groups excluding carboxylic acids is 1. The molecule has 3 heterocycles. The van der Waals surface area contributed by atoms with Gasteiger partial charge in [0, 0.05) is 37.3 Å². The number of hydrogen-bond acceptors (Lipinski definition) is 7. The van der Waals surface area contributed by atoms with Gasteiger partial charge in [0.2, 0.25) is 17.8 Å². The van der Waals surface area contributed by atoms with E-state index >= 15 is 0 Å². The van der Waals surface area contributed by atoms with Crippen LogP contribution in [-0.4, -0.2) is 44.7 Å². The van der Waals surface area contributed by atoms with Crippen molar-refractivity contribution in [1.82, 2.24) is 19.5 Å². The summed E-state index contributed by atoms with van der Waals surface area (Å²) in [5.74, 6) is -0.715. The molecule has 5 rings (SSSR count). The fourth-order valence-corrected chi connectivity index (χ4v) is 4.90. The third kappa shape index (κ3) is 4.90. The largest absolute Gasteiger partial charge is 0.381 e. The van der Waals surface area contributed by atoms with Gasteiger partial charge in [0.15, 0.2) is 5.65 Å². The van der Waals surface area contributed by atoms with Crippen molar-refractivity contribution in [3.05, 3.63) is 35.5 Å². The molecule has 0 spiro atoms. The van der Waals surface area contributed by atoms with Crippen LogP contribution in [0.4, 0.5) is 26.4 Å². The van der Waals surface area contributed by atoms with Crippen molar-refractivity contribution in [2.75, 3.05) is 23.8 Å². The Labute approximate surface area is 201 Å². The topological polar surface area (TPSA) is 120 Å². The highest BCUT2D eigenvalue weighted by Gasteiger charge is 2.29. The first-order chi connectivity index (χ1) is 16.9. The van der Waals surface area contributed by atoms with Crippen LogP contribution in [0.15, 0.2) is 18.3 Å². The van der Waals surface area contributed by atoms with Crippen LogP contribution >= 0.6 is 0 Å². The summed E-state index contributed by atoms with van der Waals surface area (Å²) in [6.45, 7) is 2.89. The molecule has 1 aromatic carbocycles. The number of imidazole rings is 1. The Balaban J connectivity index is 1.51. The Morgan fingerprint density at radius 3 is 2.54 bits per heavy atom. The summed E-state index contributed by atoms with van der Waals surface area (Å²) in [6, 6.07) is 2.45. The second-order valence-electron chi connectivity index (χ2n) is 9.35. The zero-order chi connectivity index (χ0) is 24.5. The molecule has 35 heavy (non-hydrogen) atoms. The van der Waals surface area contributed by atoms with Crippen molar-refractivity contribution in [1.29, 1.82) is 0 Å². The average Bonchev–Trinajstić information content (AvgIpc) is 3.20. The van der Waals surface area contributed by atoms with E-state index in [0.717, 1.165) is 25.0 Å². The number of hydrogen-bond donors (Lipinski definition) is 3. The van der Waals surface area contributed by atoms with Gasteiger partial charge in [-0.15, -0.1) is 0 Å². The fraction of sp³-hybridized carbons (Fsp3) is 0.500. The maximum atomic E-state index is 14.6. The number of rotatable bonds is 6. The number of anilines is 3. The number of aryl methyl sites for hydroxylation is 1. The smallest absolute Gasteiger partial charge is 0.224 e. The number of amides is 1. The molecule has 1 aliphatic carbocycles. The predicted octanol–water partition coefficient (Wildman–Crippen LogP) is 3.96. The van der Waals surface area contributed by atoms with Gasteiger partial charge in [-0.1, -0.05) is 0 Å². The first kappa shape index (κ1) is 23.4. The molecule has 0 atom stereocenters. The number of carbonyl (C=O) groups is 1. The predicted molar refractivity (Wildman–Crippen MR) is 127 cm³/mol. The Kier molecular flexibility index (Phi) is 6.50. The van der Waals surface area contributed by atoms with Crippen molar-refractivity contribution in [3.63, 3.8) is 0 Å².